The molecule has 0 radical (unpaired) electrons. The molecule has 2 aliphatic rings. The first-order valence-electron chi connectivity index (χ1n) is 5.90. The monoisotopic (exact) mass is 410 g/mol. The molecule has 104 valence electrons. The number of hydrogen-bond acceptors (Lipinski definition) is 4. The quantitative estimate of drug-likeness (QED) is 0.702. The number of alkyl halides is 1. The van der Waals surface area contributed by atoms with Crippen molar-refractivity contribution in [3.05, 3.63) is 22.2 Å². The van der Waals surface area contributed by atoms with Crippen molar-refractivity contribution in [2.45, 2.75) is 11.2 Å². The second-order valence-corrected chi connectivity index (χ2v) is 8.87. The van der Waals surface area contributed by atoms with Gasteiger partial charge in [-0.05, 0) is 46.0 Å². The van der Waals surface area contributed by atoms with E-state index in [9.17, 15) is 8.42 Å². The summed E-state index contributed by atoms with van der Waals surface area (Å²) in [5, 5.41) is 0. The molecule has 0 aliphatic carbocycles. The van der Waals surface area contributed by atoms with Gasteiger partial charge in [-0.25, -0.2) is 8.42 Å². The van der Waals surface area contributed by atoms with Crippen molar-refractivity contribution in [1.29, 1.82) is 0 Å². The summed E-state index contributed by atoms with van der Waals surface area (Å²) in [6.07, 6.45) is 0.699. The maximum Gasteiger partial charge on any atom is 0.231 e. The number of rotatable bonds is 2. The molecule has 1 fully saturated rings. The van der Waals surface area contributed by atoms with E-state index in [-0.39, 0.29) is 29.0 Å². The summed E-state index contributed by atoms with van der Waals surface area (Å²) in [6, 6.07) is 3.87. The van der Waals surface area contributed by atoms with Gasteiger partial charge >= 0.3 is 0 Å². The van der Waals surface area contributed by atoms with Crippen LogP contribution in [0, 0.1) is 5.92 Å². The van der Waals surface area contributed by atoms with E-state index < -0.39 is 9.84 Å². The average Bonchev–Trinajstić information content (AvgIpc) is 2.94. The fourth-order valence-corrected chi connectivity index (χ4v) is 5.85. The normalized spacial score (nSPS) is 25.5. The highest BCUT2D eigenvalue weighted by molar-refractivity contribution is 9.10. The SMILES string of the molecule is O=S1(=O)CCC(C(Br)c2cc(Br)c3c(c2)OCO3)C1. The van der Waals surface area contributed by atoms with Crippen molar-refractivity contribution in [3.63, 3.8) is 0 Å². The molecule has 0 aromatic heterocycles. The fourth-order valence-electron chi connectivity index (χ4n) is 2.47. The maximum atomic E-state index is 11.6. The van der Waals surface area contributed by atoms with Gasteiger partial charge in [0.05, 0.1) is 16.0 Å². The Kier molecular flexibility index (Phi) is 3.55. The van der Waals surface area contributed by atoms with E-state index in [0.717, 1.165) is 10.0 Å². The van der Waals surface area contributed by atoms with Gasteiger partial charge in [0.15, 0.2) is 21.3 Å². The molecule has 0 spiro atoms. The van der Waals surface area contributed by atoms with Crippen molar-refractivity contribution in [2.24, 2.45) is 5.92 Å². The van der Waals surface area contributed by atoms with Crippen LogP contribution >= 0.6 is 31.9 Å². The Morgan fingerprint density at radius 3 is 2.79 bits per heavy atom. The number of benzene rings is 1. The van der Waals surface area contributed by atoms with Crippen LogP contribution in [-0.4, -0.2) is 26.7 Å². The minimum absolute atomic E-state index is 0.00979. The molecule has 2 heterocycles. The molecule has 1 aromatic carbocycles. The summed E-state index contributed by atoms with van der Waals surface area (Å²) in [7, 11) is -2.87. The van der Waals surface area contributed by atoms with E-state index in [0.29, 0.717) is 17.9 Å². The van der Waals surface area contributed by atoms with Crippen LogP contribution in [0.5, 0.6) is 11.5 Å². The molecule has 2 atom stereocenters. The van der Waals surface area contributed by atoms with E-state index in [1.165, 1.54) is 0 Å². The van der Waals surface area contributed by atoms with Crippen molar-refractivity contribution in [3.8, 4) is 11.5 Å². The maximum absolute atomic E-state index is 11.6. The summed E-state index contributed by atoms with van der Waals surface area (Å²) >= 11 is 7.08. The molecule has 0 bridgehead atoms. The highest BCUT2D eigenvalue weighted by atomic mass is 79.9. The second kappa shape index (κ2) is 4.93. The van der Waals surface area contributed by atoms with Crippen molar-refractivity contribution in [1.82, 2.24) is 0 Å². The predicted octanol–water partition coefficient (Wildman–Crippen LogP) is 3.05. The Labute approximate surface area is 128 Å². The average molecular weight is 412 g/mol. The van der Waals surface area contributed by atoms with E-state index in [2.05, 4.69) is 31.9 Å². The molecule has 7 heteroatoms. The summed E-state index contributed by atoms with van der Waals surface area (Å²) < 4.78 is 34.7. The standard InChI is InChI=1S/C12H12Br2O4S/c13-9-3-8(4-10-12(9)18-6-17-10)11(14)7-1-2-19(15,16)5-7/h3-4,7,11H,1-2,5-6H2. The summed E-state index contributed by atoms with van der Waals surface area (Å²) in [5.74, 6) is 2.05. The fraction of sp³-hybridized carbons (Fsp3) is 0.500. The lowest BCUT2D eigenvalue weighted by Crippen LogP contribution is -2.10. The van der Waals surface area contributed by atoms with Crippen LogP contribution in [-0.2, 0) is 9.84 Å². The highest BCUT2D eigenvalue weighted by Crippen LogP contribution is 2.45. The number of hydrogen-bond donors (Lipinski definition) is 0. The predicted molar refractivity (Wildman–Crippen MR) is 78.7 cm³/mol. The lowest BCUT2D eigenvalue weighted by Gasteiger charge is -2.17. The lowest BCUT2D eigenvalue weighted by atomic mass is 9.98. The topological polar surface area (TPSA) is 52.6 Å². The first-order chi connectivity index (χ1) is 8.96. The first-order valence-corrected chi connectivity index (χ1v) is 9.43. The molecule has 0 saturated carbocycles. The van der Waals surface area contributed by atoms with Crippen LogP contribution in [0.4, 0.5) is 0 Å². The van der Waals surface area contributed by atoms with Gasteiger partial charge < -0.3 is 9.47 Å². The molecule has 0 amide bonds. The largest absolute Gasteiger partial charge is 0.454 e. The number of sulfone groups is 1. The molecular formula is C12H12Br2O4S. The van der Waals surface area contributed by atoms with Gasteiger partial charge in [-0.15, -0.1) is 0 Å². The highest BCUT2D eigenvalue weighted by Gasteiger charge is 2.34. The van der Waals surface area contributed by atoms with Gasteiger partial charge in [-0.2, -0.15) is 0 Å². The molecule has 1 saturated heterocycles. The van der Waals surface area contributed by atoms with Gasteiger partial charge in [0.1, 0.15) is 0 Å². The Hall–Kier alpha value is -0.270. The van der Waals surface area contributed by atoms with Crippen LogP contribution in [0.25, 0.3) is 0 Å². The van der Waals surface area contributed by atoms with Gasteiger partial charge in [0.25, 0.3) is 0 Å². The van der Waals surface area contributed by atoms with Crippen LogP contribution in [0.3, 0.4) is 0 Å². The minimum atomic E-state index is -2.87. The third-order valence-corrected chi connectivity index (χ3v) is 7.11. The van der Waals surface area contributed by atoms with Crippen molar-refractivity contribution < 1.29 is 17.9 Å². The molecule has 2 unspecified atom stereocenters. The van der Waals surface area contributed by atoms with Crippen molar-refractivity contribution in [2.75, 3.05) is 18.3 Å². The smallest absolute Gasteiger partial charge is 0.231 e. The zero-order valence-corrected chi connectivity index (χ0v) is 13.9. The molecular weight excluding hydrogens is 400 g/mol. The molecule has 0 N–H and O–H groups in total. The zero-order chi connectivity index (χ0) is 13.6. The van der Waals surface area contributed by atoms with E-state index in [4.69, 9.17) is 9.47 Å². The summed E-state index contributed by atoms with van der Waals surface area (Å²) in [5.41, 5.74) is 1.01. The van der Waals surface area contributed by atoms with E-state index in [1.807, 2.05) is 12.1 Å². The molecule has 3 rings (SSSR count). The molecule has 1 aromatic rings. The van der Waals surface area contributed by atoms with Gasteiger partial charge in [0, 0.05) is 4.83 Å². The molecule has 19 heavy (non-hydrogen) atoms. The van der Waals surface area contributed by atoms with Gasteiger partial charge in [-0.3, -0.25) is 0 Å². The minimum Gasteiger partial charge on any atom is -0.454 e. The van der Waals surface area contributed by atoms with Crippen molar-refractivity contribution >= 4 is 41.7 Å². The Bertz CT molecular complexity index is 614. The lowest BCUT2D eigenvalue weighted by molar-refractivity contribution is 0.173. The first kappa shape index (κ1) is 13.7. The van der Waals surface area contributed by atoms with Gasteiger partial charge in [-0.1, -0.05) is 15.9 Å². The number of halogens is 2. The van der Waals surface area contributed by atoms with Crippen LogP contribution in [0.2, 0.25) is 0 Å². The Morgan fingerprint density at radius 2 is 2.11 bits per heavy atom. The Morgan fingerprint density at radius 1 is 1.32 bits per heavy atom. The molecule has 4 nitrogen and oxygen atoms in total. The number of ether oxygens (including phenoxy) is 2. The van der Waals surface area contributed by atoms with Crippen LogP contribution in [0.15, 0.2) is 16.6 Å². The van der Waals surface area contributed by atoms with Crippen LogP contribution < -0.4 is 9.47 Å². The van der Waals surface area contributed by atoms with E-state index in [1.54, 1.807) is 0 Å². The third kappa shape index (κ3) is 2.64. The molecule has 2 aliphatic heterocycles. The summed E-state index contributed by atoms with van der Waals surface area (Å²) in [6.45, 7) is 0.224. The van der Waals surface area contributed by atoms with Gasteiger partial charge in [0.2, 0.25) is 6.79 Å². The third-order valence-electron chi connectivity index (χ3n) is 3.45. The van der Waals surface area contributed by atoms with Crippen LogP contribution in [0.1, 0.15) is 16.8 Å². The summed E-state index contributed by atoms with van der Waals surface area (Å²) in [4.78, 5) is 0.00979. The zero-order valence-electron chi connectivity index (χ0n) is 9.93. The number of fused-ring (bicyclic) bond motifs is 1. The Balaban J connectivity index is 1.89. The van der Waals surface area contributed by atoms with E-state index >= 15 is 0 Å². The second-order valence-electron chi connectivity index (χ2n) is 4.80.